The first-order valence-electron chi connectivity index (χ1n) is 6.10. The molecule has 0 N–H and O–H groups in total. The van der Waals surface area contributed by atoms with Crippen molar-refractivity contribution in [3.8, 4) is 0 Å². The van der Waals surface area contributed by atoms with Crippen molar-refractivity contribution in [2.45, 2.75) is 59.2 Å². The molecule has 0 aliphatic heterocycles. The topological polar surface area (TPSA) is 0 Å². The summed E-state index contributed by atoms with van der Waals surface area (Å²) in [6.45, 7) is 9.52. The molecule has 2 radical (unpaired) electrons. The van der Waals surface area contributed by atoms with Crippen LogP contribution in [0, 0.1) is 0 Å². The fourth-order valence-electron chi connectivity index (χ4n) is 1.58. The molecule has 82 valence electrons. The van der Waals surface area contributed by atoms with Gasteiger partial charge < -0.3 is 0 Å². The maximum atomic E-state index is 2.51. The van der Waals surface area contributed by atoms with Gasteiger partial charge in [0.15, 0.2) is 0 Å². The van der Waals surface area contributed by atoms with Crippen LogP contribution in [0.3, 0.4) is 0 Å². The van der Waals surface area contributed by atoms with E-state index in [0.717, 1.165) is 0 Å². The van der Waals surface area contributed by atoms with Gasteiger partial charge in [0.05, 0.1) is 0 Å². The van der Waals surface area contributed by atoms with Crippen LogP contribution in [0.5, 0.6) is 0 Å². The van der Waals surface area contributed by atoms with Crippen molar-refractivity contribution in [1.82, 2.24) is 0 Å². The summed E-state index contributed by atoms with van der Waals surface area (Å²) in [5.74, 6) is 0. The third-order valence-electron chi connectivity index (χ3n) is 2.98. The van der Waals surface area contributed by atoms with Crippen LogP contribution >= 0.6 is 0 Å². The van der Waals surface area contributed by atoms with Crippen LogP contribution in [-0.2, 0) is 0 Å². The zero-order valence-electron chi connectivity index (χ0n) is 10.4. The Kier molecular flexibility index (Phi) is 11.0. The van der Waals surface area contributed by atoms with E-state index in [1.807, 2.05) is 0 Å². The van der Waals surface area contributed by atoms with Crippen LogP contribution in [0.4, 0.5) is 0 Å². The van der Waals surface area contributed by atoms with E-state index in [-0.39, 0.29) is 0 Å². The summed E-state index contributed by atoms with van der Waals surface area (Å²) in [4.78, 5) is 0. The molecule has 14 heavy (non-hydrogen) atoms. The fraction of sp³-hybridized carbons (Fsp3) is 0.833. The van der Waals surface area contributed by atoms with Gasteiger partial charge in [-0.1, -0.05) is 0 Å². The fourth-order valence-corrected chi connectivity index (χ4v) is 8.20. The Morgan fingerprint density at radius 2 is 0.929 bits per heavy atom. The van der Waals surface area contributed by atoms with E-state index >= 15 is 0 Å². The van der Waals surface area contributed by atoms with Crippen molar-refractivity contribution in [1.29, 1.82) is 0 Å². The van der Waals surface area contributed by atoms with Crippen LogP contribution in [-0.4, -0.2) is 28.7 Å². The molecule has 0 aliphatic rings. The van der Waals surface area contributed by atoms with E-state index in [0.29, 0.717) is 0 Å². The van der Waals surface area contributed by atoms with Crippen LogP contribution in [0.25, 0.3) is 0 Å². The van der Waals surface area contributed by atoms with Crippen molar-refractivity contribution in [2.24, 2.45) is 0 Å². The Balaban J connectivity index is 3.61. The minimum absolute atomic E-state index is 0.595. The summed E-state index contributed by atoms with van der Waals surface area (Å²) in [6.07, 6.45) is 5.03. The van der Waals surface area contributed by atoms with Crippen LogP contribution in [0.15, 0.2) is 12.2 Å². The molecule has 0 saturated heterocycles. The molecule has 0 nitrogen and oxygen atoms in total. The first-order chi connectivity index (χ1) is 6.78. The van der Waals surface area contributed by atoms with Gasteiger partial charge in [-0.05, 0) is 0 Å². The van der Waals surface area contributed by atoms with Crippen LogP contribution in [0.1, 0.15) is 27.7 Å². The molecule has 0 amide bonds. The third-order valence-corrected chi connectivity index (χ3v) is 14.8. The average molecular weight is 316 g/mol. The minimum atomic E-state index is -0.595. The third kappa shape index (κ3) is 7.16. The molecule has 0 aromatic rings. The molecule has 0 fully saturated rings. The normalized spacial score (nSPS) is 12.1. The van der Waals surface area contributed by atoms with Crippen molar-refractivity contribution >= 4 is 28.7 Å². The van der Waals surface area contributed by atoms with E-state index in [2.05, 4.69) is 39.8 Å². The summed E-state index contributed by atoms with van der Waals surface area (Å²) in [7, 11) is 0. The first-order valence-corrected chi connectivity index (χ1v) is 15.0. The van der Waals surface area contributed by atoms with Crippen LogP contribution in [0.2, 0.25) is 31.5 Å². The van der Waals surface area contributed by atoms with Gasteiger partial charge in [-0.2, -0.15) is 0 Å². The summed E-state index contributed by atoms with van der Waals surface area (Å²) in [5.41, 5.74) is 0. The maximum absolute atomic E-state index is 2.51. The number of hydrogen-bond acceptors (Lipinski definition) is 0. The van der Waals surface area contributed by atoms with Crippen molar-refractivity contribution in [3.05, 3.63) is 12.2 Å². The molecule has 0 heterocycles. The summed E-state index contributed by atoms with van der Waals surface area (Å²) >= 11 is -1.19. The van der Waals surface area contributed by atoms with Gasteiger partial charge in [0.1, 0.15) is 0 Å². The number of rotatable bonds is 8. The van der Waals surface area contributed by atoms with E-state index in [4.69, 9.17) is 0 Å². The summed E-state index contributed by atoms with van der Waals surface area (Å²) < 4.78 is 0. The van der Waals surface area contributed by atoms with E-state index in [1.54, 1.807) is 0 Å². The molecule has 0 unspecified atom stereocenters. The van der Waals surface area contributed by atoms with Gasteiger partial charge in [-0.3, -0.25) is 0 Å². The predicted molar refractivity (Wildman–Crippen MR) is 72.2 cm³/mol. The van der Waals surface area contributed by atoms with E-state index in [1.165, 1.54) is 31.5 Å². The first kappa shape index (κ1) is 14.8. The van der Waals surface area contributed by atoms with Gasteiger partial charge in [-0.25, -0.2) is 0 Å². The molecule has 0 rings (SSSR count). The van der Waals surface area contributed by atoms with Gasteiger partial charge in [0.25, 0.3) is 0 Å². The predicted octanol–water partition coefficient (Wildman–Crippen LogP) is 4.61. The Labute approximate surface area is 99.8 Å². The summed E-state index contributed by atoms with van der Waals surface area (Å²) in [5, 5.41) is 8.98. The van der Waals surface area contributed by atoms with E-state index in [9.17, 15) is 0 Å². The molecule has 0 spiro atoms. The molecule has 0 saturated carbocycles. The Morgan fingerprint density at radius 3 is 1.14 bits per heavy atom. The second-order valence-electron chi connectivity index (χ2n) is 3.79. The molecular weight excluding hydrogens is 289 g/mol. The molecule has 0 aromatic heterocycles. The zero-order chi connectivity index (χ0) is 10.8. The second-order valence-corrected chi connectivity index (χ2v) is 17.7. The average Bonchev–Trinajstić information content (AvgIpc) is 2.24. The van der Waals surface area contributed by atoms with Gasteiger partial charge >= 0.3 is 100 Å². The molecule has 2 heteroatoms. The Hall–Kier alpha value is 0.826. The SMILES string of the molecule is C[CH2][Ge]([CH2]C)[CH2]/C=C\[CH2][Ge]([CH2]C)[CH2]C. The quantitative estimate of drug-likeness (QED) is 0.453. The van der Waals surface area contributed by atoms with Crippen molar-refractivity contribution in [3.63, 3.8) is 0 Å². The Bertz CT molecular complexity index is 119. The number of hydrogen-bond donors (Lipinski definition) is 0. The van der Waals surface area contributed by atoms with Crippen molar-refractivity contribution < 1.29 is 0 Å². The molecule has 0 aliphatic carbocycles. The monoisotopic (exact) mass is 318 g/mol. The second kappa shape index (κ2) is 10.3. The number of allylic oxidation sites excluding steroid dienone is 2. The Morgan fingerprint density at radius 1 is 0.643 bits per heavy atom. The molecular formula is C12H26Ge2. The molecule has 0 bridgehead atoms. The van der Waals surface area contributed by atoms with E-state index < -0.39 is 28.7 Å². The van der Waals surface area contributed by atoms with Gasteiger partial charge in [0.2, 0.25) is 0 Å². The van der Waals surface area contributed by atoms with Gasteiger partial charge in [-0.15, -0.1) is 0 Å². The standard InChI is InChI=1S/C12H26Ge2/c1-5-13(6-2)11-9-10-12-14(7-3)8-4/h9-10H,5-8,11-12H2,1-4H3/b10-9-. The van der Waals surface area contributed by atoms with Gasteiger partial charge in [0, 0.05) is 0 Å². The van der Waals surface area contributed by atoms with Crippen LogP contribution < -0.4 is 0 Å². The summed E-state index contributed by atoms with van der Waals surface area (Å²) in [6, 6.07) is 0. The zero-order valence-corrected chi connectivity index (χ0v) is 14.6. The molecule has 0 atom stereocenters. The van der Waals surface area contributed by atoms with Crippen molar-refractivity contribution in [2.75, 3.05) is 0 Å². The molecule has 0 aromatic carbocycles.